The predicted molar refractivity (Wildman–Crippen MR) is 93.0 cm³/mol. The lowest BCUT2D eigenvalue weighted by Gasteiger charge is -2.30. The molecule has 0 aromatic heterocycles. The van der Waals surface area contributed by atoms with Crippen molar-refractivity contribution >= 4 is 17.3 Å². The summed E-state index contributed by atoms with van der Waals surface area (Å²) >= 11 is 5.63. The van der Waals surface area contributed by atoms with Crippen molar-refractivity contribution in [2.45, 2.75) is 18.9 Å². The first-order chi connectivity index (χ1) is 10.8. The van der Waals surface area contributed by atoms with Crippen LogP contribution in [0.1, 0.15) is 24.4 Å². The molecule has 0 radical (unpaired) electrons. The third kappa shape index (κ3) is 3.97. The van der Waals surface area contributed by atoms with Crippen molar-refractivity contribution in [2.24, 2.45) is 0 Å². The van der Waals surface area contributed by atoms with Gasteiger partial charge in [0.2, 0.25) is 0 Å². The number of hydrogen-bond acceptors (Lipinski definition) is 3. The Labute approximate surface area is 138 Å². The molecule has 5 heteroatoms. The van der Waals surface area contributed by atoms with Gasteiger partial charge in [0, 0.05) is 32.7 Å². The Morgan fingerprint density at radius 1 is 1.18 bits per heavy atom. The van der Waals surface area contributed by atoms with Gasteiger partial charge in [-0.25, -0.2) is 0 Å². The molecule has 22 heavy (non-hydrogen) atoms. The van der Waals surface area contributed by atoms with Crippen molar-refractivity contribution in [1.29, 1.82) is 0 Å². The smallest absolute Gasteiger partial charge is 0.169 e. The lowest BCUT2D eigenvalue weighted by molar-refractivity contribution is 0.0388. The highest BCUT2D eigenvalue weighted by Gasteiger charge is 2.27. The van der Waals surface area contributed by atoms with E-state index < -0.39 is 0 Å². The number of nitrogens with one attached hydrogen (secondary N) is 1. The van der Waals surface area contributed by atoms with Crippen LogP contribution in [-0.4, -0.2) is 60.8 Å². The van der Waals surface area contributed by atoms with Crippen LogP contribution in [0.3, 0.4) is 0 Å². The van der Waals surface area contributed by atoms with Gasteiger partial charge >= 0.3 is 0 Å². The molecule has 2 aliphatic heterocycles. The maximum Gasteiger partial charge on any atom is 0.169 e. The number of rotatable bonds is 4. The average Bonchev–Trinajstić information content (AvgIpc) is 3.06. The average molecular weight is 319 g/mol. The second kappa shape index (κ2) is 7.90. The van der Waals surface area contributed by atoms with Gasteiger partial charge in [0.05, 0.1) is 19.3 Å². The fraction of sp³-hybridized carbons (Fsp3) is 0.588. The highest BCUT2D eigenvalue weighted by molar-refractivity contribution is 7.80. The van der Waals surface area contributed by atoms with Gasteiger partial charge in [-0.1, -0.05) is 30.3 Å². The van der Waals surface area contributed by atoms with E-state index in [-0.39, 0.29) is 0 Å². The molecule has 2 fully saturated rings. The number of hydrogen-bond donors (Lipinski definition) is 1. The molecule has 0 unspecified atom stereocenters. The molecule has 0 spiro atoms. The highest BCUT2D eigenvalue weighted by Crippen LogP contribution is 2.31. The molecule has 120 valence electrons. The van der Waals surface area contributed by atoms with Crippen LogP contribution in [0.2, 0.25) is 0 Å². The van der Waals surface area contributed by atoms with Gasteiger partial charge in [0.25, 0.3) is 0 Å². The van der Waals surface area contributed by atoms with E-state index >= 15 is 0 Å². The summed E-state index contributed by atoms with van der Waals surface area (Å²) in [6.45, 7) is 6.78. The van der Waals surface area contributed by atoms with Gasteiger partial charge in [-0.05, 0) is 30.6 Å². The minimum atomic E-state index is 0.435. The van der Waals surface area contributed by atoms with E-state index in [1.54, 1.807) is 0 Å². The van der Waals surface area contributed by atoms with Gasteiger partial charge in [-0.2, -0.15) is 0 Å². The third-order valence-electron chi connectivity index (χ3n) is 4.51. The van der Waals surface area contributed by atoms with Crippen LogP contribution in [0, 0.1) is 0 Å². The van der Waals surface area contributed by atoms with Crippen LogP contribution in [0.25, 0.3) is 0 Å². The number of likely N-dealkylation sites (tertiary alicyclic amines) is 1. The molecule has 4 nitrogen and oxygen atoms in total. The summed E-state index contributed by atoms with van der Waals surface area (Å²) < 4.78 is 5.38. The molecule has 0 saturated carbocycles. The molecule has 0 bridgehead atoms. The van der Waals surface area contributed by atoms with E-state index in [0.717, 1.165) is 51.0 Å². The Kier molecular flexibility index (Phi) is 5.64. The molecule has 3 rings (SSSR count). The summed E-state index contributed by atoms with van der Waals surface area (Å²) in [7, 11) is 0. The normalized spacial score (nSPS) is 22.7. The Balaban J connectivity index is 1.48. The maximum absolute atomic E-state index is 5.63. The number of thiocarbonyl (C=S) groups is 1. The van der Waals surface area contributed by atoms with Crippen molar-refractivity contribution in [1.82, 2.24) is 15.1 Å². The lowest BCUT2D eigenvalue weighted by atomic mass is 10.1. The van der Waals surface area contributed by atoms with Gasteiger partial charge in [0.1, 0.15) is 0 Å². The standard InChI is InChI=1S/C17H25N3OS/c22-17(18-8-10-19-11-13-21-14-12-19)20-9-4-7-16(20)15-5-2-1-3-6-15/h1-3,5-6,16H,4,7-14H2,(H,18,22)/t16-/m0/s1. The molecule has 1 aromatic carbocycles. The minimum absolute atomic E-state index is 0.435. The van der Waals surface area contributed by atoms with Crippen LogP contribution in [-0.2, 0) is 4.74 Å². The zero-order valence-corrected chi connectivity index (χ0v) is 13.9. The Morgan fingerprint density at radius 2 is 1.95 bits per heavy atom. The molecule has 2 aliphatic rings. The summed E-state index contributed by atoms with van der Waals surface area (Å²) in [6.07, 6.45) is 2.40. The van der Waals surface area contributed by atoms with E-state index in [2.05, 4.69) is 45.4 Å². The molecule has 2 heterocycles. The molecule has 1 atom stereocenters. The van der Waals surface area contributed by atoms with Crippen molar-refractivity contribution in [3.05, 3.63) is 35.9 Å². The summed E-state index contributed by atoms with van der Waals surface area (Å²) in [6, 6.07) is 11.1. The topological polar surface area (TPSA) is 27.7 Å². The first-order valence-corrected chi connectivity index (χ1v) is 8.65. The molecule has 0 amide bonds. The zero-order valence-electron chi connectivity index (χ0n) is 13.0. The predicted octanol–water partition coefficient (Wildman–Crippen LogP) is 2.03. The summed E-state index contributed by atoms with van der Waals surface area (Å²) in [5.41, 5.74) is 1.37. The van der Waals surface area contributed by atoms with Crippen LogP contribution in [0.15, 0.2) is 30.3 Å². The second-order valence-corrected chi connectivity index (χ2v) is 6.33. The lowest BCUT2D eigenvalue weighted by Crippen LogP contribution is -2.44. The first-order valence-electron chi connectivity index (χ1n) is 8.24. The Morgan fingerprint density at radius 3 is 2.73 bits per heavy atom. The monoisotopic (exact) mass is 319 g/mol. The van der Waals surface area contributed by atoms with E-state index in [0.29, 0.717) is 6.04 Å². The van der Waals surface area contributed by atoms with E-state index in [1.807, 2.05) is 0 Å². The number of ether oxygens (including phenoxy) is 1. The molecule has 1 aromatic rings. The summed E-state index contributed by atoms with van der Waals surface area (Å²) in [5, 5.41) is 4.35. The van der Waals surface area contributed by atoms with Gasteiger partial charge in [-0.15, -0.1) is 0 Å². The van der Waals surface area contributed by atoms with E-state index in [1.165, 1.54) is 18.4 Å². The minimum Gasteiger partial charge on any atom is -0.379 e. The van der Waals surface area contributed by atoms with Gasteiger partial charge in [0.15, 0.2) is 5.11 Å². The molecular weight excluding hydrogens is 294 g/mol. The number of nitrogens with zero attached hydrogens (tertiary/aromatic N) is 2. The quantitative estimate of drug-likeness (QED) is 0.857. The third-order valence-corrected chi connectivity index (χ3v) is 4.88. The van der Waals surface area contributed by atoms with Crippen LogP contribution < -0.4 is 5.32 Å². The molecule has 0 aliphatic carbocycles. The van der Waals surface area contributed by atoms with Crippen molar-refractivity contribution < 1.29 is 4.74 Å². The largest absolute Gasteiger partial charge is 0.379 e. The van der Waals surface area contributed by atoms with Crippen LogP contribution >= 0.6 is 12.2 Å². The Hall–Kier alpha value is -1.17. The van der Waals surface area contributed by atoms with Gasteiger partial charge < -0.3 is 15.0 Å². The first kappa shape index (κ1) is 15.7. The van der Waals surface area contributed by atoms with Crippen molar-refractivity contribution in [2.75, 3.05) is 45.9 Å². The summed E-state index contributed by atoms with van der Waals surface area (Å²) in [5.74, 6) is 0. The zero-order chi connectivity index (χ0) is 15.2. The second-order valence-electron chi connectivity index (χ2n) is 5.95. The Bertz CT molecular complexity index is 476. The fourth-order valence-electron chi connectivity index (χ4n) is 3.28. The van der Waals surface area contributed by atoms with Crippen LogP contribution in [0.4, 0.5) is 0 Å². The van der Waals surface area contributed by atoms with Crippen LogP contribution in [0.5, 0.6) is 0 Å². The van der Waals surface area contributed by atoms with E-state index in [9.17, 15) is 0 Å². The number of benzene rings is 1. The summed E-state index contributed by atoms with van der Waals surface area (Å²) in [4.78, 5) is 4.78. The maximum atomic E-state index is 5.63. The van der Waals surface area contributed by atoms with Crippen molar-refractivity contribution in [3.8, 4) is 0 Å². The molecule has 2 saturated heterocycles. The SMILES string of the molecule is S=C(NCCN1CCOCC1)N1CCC[C@H]1c1ccccc1. The molecular formula is C17H25N3OS. The fourth-order valence-corrected chi connectivity index (χ4v) is 3.60. The van der Waals surface area contributed by atoms with Gasteiger partial charge in [-0.3, -0.25) is 4.90 Å². The molecule has 1 N–H and O–H groups in total. The number of morpholine rings is 1. The highest BCUT2D eigenvalue weighted by atomic mass is 32.1. The van der Waals surface area contributed by atoms with Crippen molar-refractivity contribution in [3.63, 3.8) is 0 Å². The van der Waals surface area contributed by atoms with E-state index in [4.69, 9.17) is 17.0 Å².